The van der Waals surface area contributed by atoms with Crippen molar-refractivity contribution in [3.8, 4) is 0 Å². The highest BCUT2D eigenvalue weighted by Crippen LogP contribution is 2.24. The molecule has 132 valence electrons. The van der Waals surface area contributed by atoms with E-state index in [1.54, 1.807) is 0 Å². The maximum Gasteiger partial charge on any atom is 0.321 e. The van der Waals surface area contributed by atoms with Gasteiger partial charge < -0.3 is 20.2 Å². The van der Waals surface area contributed by atoms with Crippen LogP contribution in [0, 0.1) is 11.8 Å². The maximum absolute atomic E-state index is 12.4. The third-order valence-corrected chi connectivity index (χ3v) is 5.33. The average Bonchev–Trinajstić information content (AvgIpc) is 2.63. The Morgan fingerprint density at radius 1 is 1.17 bits per heavy atom. The SMILES string of the molecule is CC1CCN(c2ccc(NC(=O)N3CCCC(CO)C3)cc2)CC1. The van der Waals surface area contributed by atoms with E-state index in [0.29, 0.717) is 6.54 Å². The van der Waals surface area contributed by atoms with Crippen molar-refractivity contribution in [2.45, 2.75) is 32.6 Å². The lowest BCUT2D eigenvalue weighted by molar-refractivity contribution is 0.136. The smallest absolute Gasteiger partial charge is 0.321 e. The first-order valence-corrected chi connectivity index (χ1v) is 9.17. The van der Waals surface area contributed by atoms with Crippen molar-refractivity contribution in [1.29, 1.82) is 0 Å². The molecule has 2 fully saturated rings. The Hall–Kier alpha value is -1.75. The van der Waals surface area contributed by atoms with Crippen LogP contribution in [0.1, 0.15) is 32.6 Å². The molecule has 5 nitrogen and oxygen atoms in total. The number of carbonyl (C=O) groups excluding carboxylic acids is 1. The van der Waals surface area contributed by atoms with Crippen molar-refractivity contribution < 1.29 is 9.90 Å². The molecular formula is C19H29N3O2. The summed E-state index contributed by atoms with van der Waals surface area (Å²) in [4.78, 5) is 16.6. The number of benzene rings is 1. The first kappa shape index (κ1) is 17.1. The standard InChI is InChI=1S/C19H29N3O2/c1-15-8-11-21(12-9-15)18-6-4-17(5-7-18)20-19(24)22-10-2-3-16(13-22)14-23/h4-7,15-16,23H,2-3,8-14H2,1H3,(H,20,24). The first-order valence-electron chi connectivity index (χ1n) is 9.17. The number of nitrogens with one attached hydrogen (secondary N) is 1. The number of nitrogens with zero attached hydrogens (tertiary/aromatic N) is 2. The van der Waals surface area contributed by atoms with E-state index in [-0.39, 0.29) is 18.6 Å². The summed E-state index contributed by atoms with van der Waals surface area (Å²) in [6.07, 6.45) is 4.47. The van der Waals surface area contributed by atoms with Gasteiger partial charge in [-0.25, -0.2) is 4.79 Å². The summed E-state index contributed by atoms with van der Waals surface area (Å²) in [5, 5.41) is 12.3. The fourth-order valence-corrected chi connectivity index (χ4v) is 3.62. The maximum atomic E-state index is 12.4. The summed E-state index contributed by atoms with van der Waals surface area (Å²) in [5.41, 5.74) is 2.07. The summed E-state index contributed by atoms with van der Waals surface area (Å²) in [6.45, 7) is 6.12. The second kappa shape index (κ2) is 7.88. The van der Waals surface area contributed by atoms with Crippen LogP contribution in [0.5, 0.6) is 0 Å². The number of piperidine rings is 2. The normalized spacial score (nSPS) is 22.5. The second-order valence-electron chi connectivity index (χ2n) is 7.28. The van der Waals surface area contributed by atoms with Gasteiger partial charge in [-0.05, 0) is 61.8 Å². The third kappa shape index (κ3) is 4.20. The number of likely N-dealkylation sites (tertiary alicyclic amines) is 1. The van der Waals surface area contributed by atoms with E-state index in [4.69, 9.17) is 0 Å². The van der Waals surface area contributed by atoms with Gasteiger partial charge in [-0.15, -0.1) is 0 Å². The molecule has 1 atom stereocenters. The minimum atomic E-state index is -0.0623. The number of anilines is 2. The van der Waals surface area contributed by atoms with Gasteiger partial charge in [-0.1, -0.05) is 6.92 Å². The highest BCUT2D eigenvalue weighted by atomic mass is 16.3. The lowest BCUT2D eigenvalue weighted by Crippen LogP contribution is -2.43. The summed E-state index contributed by atoms with van der Waals surface area (Å²) in [7, 11) is 0. The van der Waals surface area contributed by atoms with Crippen molar-refractivity contribution in [3.05, 3.63) is 24.3 Å². The van der Waals surface area contributed by atoms with Gasteiger partial charge in [-0.2, -0.15) is 0 Å². The molecule has 2 aliphatic heterocycles. The van der Waals surface area contributed by atoms with Crippen molar-refractivity contribution in [2.75, 3.05) is 43.0 Å². The predicted octanol–water partition coefficient (Wildman–Crippen LogP) is 3.16. The molecule has 0 aliphatic carbocycles. The average molecular weight is 331 g/mol. The number of carbonyl (C=O) groups is 1. The fraction of sp³-hybridized carbons (Fsp3) is 0.632. The molecule has 2 aliphatic rings. The van der Waals surface area contributed by atoms with E-state index < -0.39 is 0 Å². The second-order valence-corrected chi connectivity index (χ2v) is 7.28. The fourth-order valence-electron chi connectivity index (χ4n) is 3.62. The van der Waals surface area contributed by atoms with Crippen LogP contribution in [-0.2, 0) is 0 Å². The molecule has 3 rings (SSSR count). The summed E-state index contributed by atoms with van der Waals surface area (Å²) in [6, 6.07) is 8.10. The van der Waals surface area contributed by atoms with Gasteiger partial charge in [0, 0.05) is 44.2 Å². The van der Waals surface area contributed by atoms with Crippen molar-refractivity contribution in [3.63, 3.8) is 0 Å². The number of hydrogen-bond acceptors (Lipinski definition) is 3. The molecule has 5 heteroatoms. The first-order chi connectivity index (χ1) is 11.7. The summed E-state index contributed by atoms with van der Waals surface area (Å²) in [5.74, 6) is 1.04. The molecule has 0 bridgehead atoms. The zero-order chi connectivity index (χ0) is 16.9. The molecular weight excluding hydrogens is 302 g/mol. The Morgan fingerprint density at radius 3 is 2.54 bits per heavy atom. The summed E-state index contributed by atoms with van der Waals surface area (Å²) < 4.78 is 0. The van der Waals surface area contributed by atoms with E-state index in [0.717, 1.165) is 44.1 Å². The highest BCUT2D eigenvalue weighted by Gasteiger charge is 2.23. The number of urea groups is 1. The molecule has 0 saturated carbocycles. The highest BCUT2D eigenvalue weighted by molar-refractivity contribution is 5.89. The number of amides is 2. The molecule has 2 saturated heterocycles. The van der Waals surface area contributed by atoms with E-state index >= 15 is 0 Å². The minimum absolute atomic E-state index is 0.0623. The van der Waals surface area contributed by atoms with Crippen molar-refractivity contribution in [2.24, 2.45) is 11.8 Å². The van der Waals surface area contributed by atoms with E-state index in [9.17, 15) is 9.90 Å². The zero-order valence-corrected chi connectivity index (χ0v) is 14.6. The topological polar surface area (TPSA) is 55.8 Å². The van der Waals surface area contributed by atoms with Gasteiger partial charge in [-0.3, -0.25) is 0 Å². The van der Waals surface area contributed by atoms with Crippen LogP contribution >= 0.6 is 0 Å². The van der Waals surface area contributed by atoms with Gasteiger partial charge in [0.15, 0.2) is 0 Å². The summed E-state index contributed by atoms with van der Waals surface area (Å²) >= 11 is 0. The van der Waals surface area contributed by atoms with Gasteiger partial charge in [0.25, 0.3) is 0 Å². The van der Waals surface area contributed by atoms with Crippen LogP contribution < -0.4 is 10.2 Å². The minimum Gasteiger partial charge on any atom is -0.396 e. The van der Waals surface area contributed by atoms with E-state index in [1.807, 2.05) is 17.0 Å². The van der Waals surface area contributed by atoms with Crippen LogP contribution in [0.3, 0.4) is 0 Å². The van der Waals surface area contributed by atoms with Crippen LogP contribution in [0.4, 0.5) is 16.2 Å². The Bertz CT molecular complexity index is 538. The van der Waals surface area contributed by atoms with Gasteiger partial charge in [0.05, 0.1) is 0 Å². The molecule has 2 amide bonds. The zero-order valence-electron chi connectivity index (χ0n) is 14.6. The van der Waals surface area contributed by atoms with Crippen molar-refractivity contribution in [1.82, 2.24) is 4.90 Å². The van der Waals surface area contributed by atoms with Gasteiger partial charge in [0.1, 0.15) is 0 Å². The third-order valence-electron chi connectivity index (χ3n) is 5.33. The van der Waals surface area contributed by atoms with E-state index in [2.05, 4.69) is 29.3 Å². The Kier molecular flexibility index (Phi) is 5.61. The van der Waals surface area contributed by atoms with Crippen LogP contribution in [0.25, 0.3) is 0 Å². The van der Waals surface area contributed by atoms with Crippen LogP contribution in [-0.4, -0.2) is 48.8 Å². The molecule has 1 aromatic carbocycles. The monoisotopic (exact) mass is 331 g/mol. The van der Waals surface area contributed by atoms with Gasteiger partial charge in [0.2, 0.25) is 0 Å². The van der Waals surface area contributed by atoms with Crippen LogP contribution in [0.2, 0.25) is 0 Å². The quantitative estimate of drug-likeness (QED) is 0.894. The predicted molar refractivity (Wildman–Crippen MR) is 97.5 cm³/mol. The largest absolute Gasteiger partial charge is 0.396 e. The lowest BCUT2D eigenvalue weighted by Gasteiger charge is -2.32. The molecule has 2 heterocycles. The van der Waals surface area contributed by atoms with E-state index in [1.165, 1.54) is 18.5 Å². The van der Waals surface area contributed by atoms with Gasteiger partial charge >= 0.3 is 6.03 Å². The van der Waals surface area contributed by atoms with Crippen molar-refractivity contribution >= 4 is 17.4 Å². The number of hydrogen-bond donors (Lipinski definition) is 2. The molecule has 24 heavy (non-hydrogen) atoms. The molecule has 0 spiro atoms. The number of aliphatic hydroxyl groups excluding tert-OH is 1. The number of rotatable bonds is 3. The molecule has 1 unspecified atom stereocenters. The lowest BCUT2D eigenvalue weighted by atomic mass is 9.99. The molecule has 0 radical (unpaired) electrons. The molecule has 2 N–H and O–H groups in total. The Balaban J connectivity index is 1.55. The Labute approximate surface area is 144 Å². The Morgan fingerprint density at radius 2 is 1.88 bits per heavy atom. The van der Waals surface area contributed by atoms with Crippen LogP contribution in [0.15, 0.2) is 24.3 Å². The molecule has 0 aromatic heterocycles. The molecule has 1 aromatic rings. The number of aliphatic hydroxyl groups is 1.